The number of carbonyl (C=O) groups is 1. The summed E-state index contributed by atoms with van der Waals surface area (Å²) in [6, 6.07) is 8.09. The molecular weight excluding hydrogens is 202 g/mol. The molecule has 0 fully saturated rings. The number of hydrogen-bond acceptors (Lipinski definition) is 2. The van der Waals surface area contributed by atoms with Crippen molar-refractivity contribution in [1.29, 1.82) is 0 Å². The van der Waals surface area contributed by atoms with E-state index < -0.39 is 0 Å². The van der Waals surface area contributed by atoms with Gasteiger partial charge in [-0.3, -0.25) is 4.79 Å². The van der Waals surface area contributed by atoms with Crippen LogP contribution in [0.25, 0.3) is 10.9 Å². The van der Waals surface area contributed by atoms with Gasteiger partial charge in [0, 0.05) is 23.6 Å². The zero-order chi connectivity index (χ0) is 11.5. The van der Waals surface area contributed by atoms with Gasteiger partial charge in [-0.15, -0.1) is 0 Å². The van der Waals surface area contributed by atoms with E-state index in [1.807, 2.05) is 36.0 Å². The molecule has 0 aliphatic carbocycles. The molecule has 0 saturated carbocycles. The molecule has 4 heteroatoms. The van der Waals surface area contributed by atoms with Crippen molar-refractivity contribution in [2.75, 3.05) is 7.05 Å². The maximum atomic E-state index is 10.9. The van der Waals surface area contributed by atoms with Crippen LogP contribution in [0, 0.1) is 0 Å². The Bertz CT molecular complexity index is 516. The van der Waals surface area contributed by atoms with Crippen molar-refractivity contribution in [3.05, 3.63) is 36.0 Å². The van der Waals surface area contributed by atoms with Crippen LogP contribution in [0.2, 0.25) is 0 Å². The first-order chi connectivity index (χ1) is 7.72. The summed E-state index contributed by atoms with van der Waals surface area (Å²) in [5.74, 6) is -0.323. The molecule has 0 spiro atoms. The Labute approximate surface area is 94.0 Å². The number of nitrogens with one attached hydrogen (secondary N) is 1. The third kappa shape index (κ3) is 1.92. The first kappa shape index (κ1) is 10.7. The van der Waals surface area contributed by atoms with E-state index >= 15 is 0 Å². The van der Waals surface area contributed by atoms with E-state index in [2.05, 4.69) is 11.4 Å². The molecule has 3 N–H and O–H groups in total. The highest BCUT2D eigenvalue weighted by molar-refractivity contribution is 5.85. The van der Waals surface area contributed by atoms with Gasteiger partial charge in [0.25, 0.3) is 0 Å². The zero-order valence-electron chi connectivity index (χ0n) is 9.23. The van der Waals surface area contributed by atoms with Crippen LogP contribution in [0.3, 0.4) is 0 Å². The summed E-state index contributed by atoms with van der Waals surface area (Å²) in [4.78, 5) is 10.9. The quantitative estimate of drug-likeness (QED) is 0.797. The van der Waals surface area contributed by atoms with Gasteiger partial charge in [0.2, 0.25) is 5.91 Å². The van der Waals surface area contributed by atoms with Crippen molar-refractivity contribution < 1.29 is 4.79 Å². The fourth-order valence-electron chi connectivity index (χ4n) is 1.94. The SMILES string of the molecule is CNCc1cccc2c1ccn2CC(N)=O. The first-order valence-electron chi connectivity index (χ1n) is 5.22. The van der Waals surface area contributed by atoms with Gasteiger partial charge in [0.15, 0.2) is 0 Å². The van der Waals surface area contributed by atoms with E-state index in [0.29, 0.717) is 0 Å². The second kappa shape index (κ2) is 4.37. The van der Waals surface area contributed by atoms with E-state index in [1.165, 1.54) is 5.56 Å². The van der Waals surface area contributed by atoms with Gasteiger partial charge in [-0.25, -0.2) is 0 Å². The minimum absolute atomic E-state index is 0.229. The zero-order valence-corrected chi connectivity index (χ0v) is 9.23. The minimum Gasteiger partial charge on any atom is -0.368 e. The summed E-state index contributed by atoms with van der Waals surface area (Å²) in [7, 11) is 1.92. The van der Waals surface area contributed by atoms with Crippen LogP contribution in [0.1, 0.15) is 5.56 Å². The number of carbonyl (C=O) groups excluding carboxylic acids is 1. The largest absolute Gasteiger partial charge is 0.368 e. The Morgan fingerprint density at radius 3 is 2.94 bits per heavy atom. The van der Waals surface area contributed by atoms with Crippen LogP contribution in [0.5, 0.6) is 0 Å². The number of nitrogens with two attached hydrogens (primary N) is 1. The molecule has 0 unspecified atom stereocenters. The molecule has 1 heterocycles. The molecule has 0 aliphatic heterocycles. The van der Waals surface area contributed by atoms with Gasteiger partial charge in [-0.2, -0.15) is 0 Å². The standard InChI is InChI=1S/C12H15N3O/c1-14-7-9-3-2-4-11-10(9)5-6-15(11)8-12(13)16/h2-6,14H,7-8H2,1H3,(H2,13,16). The molecular formula is C12H15N3O. The highest BCUT2D eigenvalue weighted by Crippen LogP contribution is 2.20. The maximum absolute atomic E-state index is 10.9. The summed E-state index contributed by atoms with van der Waals surface area (Å²) in [6.07, 6.45) is 1.90. The molecule has 84 valence electrons. The molecule has 2 rings (SSSR count). The first-order valence-corrected chi connectivity index (χ1v) is 5.22. The number of hydrogen-bond donors (Lipinski definition) is 2. The molecule has 2 aromatic rings. The highest BCUT2D eigenvalue weighted by atomic mass is 16.1. The van der Waals surface area contributed by atoms with Crippen LogP contribution in [-0.4, -0.2) is 17.5 Å². The smallest absolute Gasteiger partial charge is 0.237 e. The predicted molar refractivity (Wildman–Crippen MR) is 63.9 cm³/mol. The third-order valence-corrected chi connectivity index (χ3v) is 2.60. The Balaban J connectivity index is 2.48. The normalized spacial score (nSPS) is 10.8. The van der Waals surface area contributed by atoms with E-state index in [4.69, 9.17) is 5.73 Å². The van der Waals surface area contributed by atoms with Crippen molar-refractivity contribution in [2.45, 2.75) is 13.1 Å². The van der Waals surface area contributed by atoms with Crippen molar-refractivity contribution in [3.63, 3.8) is 0 Å². The fourth-order valence-corrected chi connectivity index (χ4v) is 1.94. The molecule has 16 heavy (non-hydrogen) atoms. The summed E-state index contributed by atoms with van der Waals surface area (Å²) >= 11 is 0. The van der Waals surface area contributed by atoms with E-state index in [9.17, 15) is 4.79 Å². The van der Waals surface area contributed by atoms with Gasteiger partial charge >= 0.3 is 0 Å². The van der Waals surface area contributed by atoms with Crippen LogP contribution in [0.15, 0.2) is 30.5 Å². The molecule has 4 nitrogen and oxygen atoms in total. The second-order valence-corrected chi connectivity index (χ2v) is 3.79. The Morgan fingerprint density at radius 1 is 1.44 bits per heavy atom. The molecule has 0 saturated heterocycles. The Hall–Kier alpha value is -1.81. The van der Waals surface area contributed by atoms with E-state index in [0.717, 1.165) is 17.4 Å². The lowest BCUT2D eigenvalue weighted by Gasteiger charge is -2.05. The minimum atomic E-state index is -0.323. The summed E-state index contributed by atoms with van der Waals surface area (Å²) in [5, 5.41) is 4.29. The molecule has 0 bridgehead atoms. The van der Waals surface area contributed by atoms with Crippen LogP contribution in [-0.2, 0) is 17.9 Å². The van der Waals surface area contributed by atoms with Crippen LogP contribution < -0.4 is 11.1 Å². The van der Waals surface area contributed by atoms with Crippen molar-refractivity contribution >= 4 is 16.8 Å². The predicted octanol–water partition coefficient (Wildman–Crippen LogP) is 0.846. The van der Waals surface area contributed by atoms with Gasteiger partial charge in [-0.1, -0.05) is 12.1 Å². The van der Waals surface area contributed by atoms with Crippen LogP contribution >= 0.6 is 0 Å². The highest BCUT2D eigenvalue weighted by Gasteiger charge is 2.06. The average Bonchev–Trinajstić information content (AvgIpc) is 2.63. The Morgan fingerprint density at radius 2 is 2.25 bits per heavy atom. The lowest BCUT2D eigenvalue weighted by atomic mass is 10.1. The van der Waals surface area contributed by atoms with E-state index in [1.54, 1.807) is 0 Å². The van der Waals surface area contributed by atoms with Gasteiger partial charge in [0.1, 0.15) is 6.54 Å². The lowest BCUT2D eigenvalue weighted by Crippen LogP contribution is -2.17. The third-order valence-electron chi connectivity index (χ3n) is 2.60. The van der Waals surface area contributed by atoms with Gasteiger partial charge < -0.3 is 15.6 Å². The average molecular weight is 217 g/mol. The van der Waals surface area contributed by atoms with Crippen molar-refractivity contribution in [3.8, 4) is 0 Å². The summed E-state index contributed by atoms with van der Waals surface area (Å²) in [5.41, 5.74) is 7.47. The van der Waals surface area contributed by atoms with Crippen molar-refractivity contribution in [2.24, 2.45) is 5.73 Å². The fraction of sp³-hybridized carbons (Fsp3) is 0.250. The monoisotopic (exact) mass is 217 g/mol. The van der Waals surface area contributed by atoms with Crippen molar-refractivity contribution in [1.82, 2.24) is 9.88 Å². The Kier molecular flexibility index (Phi) is 2.92. The number of nitrogens with zero attached hydrogens (tertiary/aromatic N) is 1. The number of rotatable bonds is 4. The summed E-state index contributed by atoms with van der Waals surface area (Å²) in [6.45, 7) is 1.05. The van der Waals surface area contributed by atoms with Gasteiger partial charge in [0.05, 0.1) is 0 Å². The van der Waals surface area contributed by atoms with E-state index in [-0.39, 0.29) is 12.5 Å². The second-order valence-electron chi connectivity index (χ2n) is 3.79. The molecule has 0 radical (unpaired) electrons. The molecule has 1 aromatic carbocycles. The van der Waals surface area contributed by atoms with Gasteiger partial charge in [-0.05, 0) is 24.7 Å². The number of benzene rings is 1. The summed E-state index contributed by atoms with van der Waals surface area (Å²) < 4.78 is 1.87. The maximum Gasteiger partial charge on any atom is 0.237 e. The lowest BCUT2D eigenvalue weighted by molar-refractivity contribution is -0.118. The molecule has 1 amide bonds. The number of fused-ring (bicyclic) bond motifs is 1. The number of amides is 1. The molecule has 0 aliphatic rings. The van der Waals surface area contributed by atoms with Crippen LogP contribution in [0.4, 0.5) is 0 Å². The molecule has 0 atom stereocenters. The number of primary amides is 1. The number of aromatic nitrogens is 1. The molecule has 1 aromatic heterocycles. The topological polar surface area (TPSA) is 60.1 Å².